The van der Waals surface area contributed by atoms with Crippen molar-refractivity contribution in [2.45, 2.75) is 6.42 Å². The average Bonchev–Trinajstić information content (AvgIpc) is 2.39. The Morgan fingerprint density at radius 1 is 1.22 bits per heavy atom. The van der Waals surface area contributed by atoms with Crippen LogP contribution in [0, 0.1) is 0 Å². The molecule has 0 saturated carbocycles. The minimum atomic E-state index is -1.01. The van der Waals surface area contributed by atoms with Gasteiger partial charge in [0.05, 0.1) is 0 Å². The maximum Gasteiger partial charge on any atom is 0.369 e. The van der Waals surface area contributed by atoms with E-state index >= 15 is 0 Å². The van der Waals surface area contributed by atoms with Gasteiger partial charge in [0.15, 0.2) is 5.76 Å². The molecular weight excluding hydrogens is 244 g/mol. The lowest BCUT2D eigenvalue weighted by Crippen LogP contribution is -2.03. The Balaban J connectivity index is 2.35. The van der Waals surface area contributed by atoms with Crippen molar-refractivity contribution >= 4 is 27.2 Å². The zero-order chi connectivity index (χ0) is 13.0. The molecule has 0 aliphatic rings. The quantitative estimate of drug-likeness (QED) is 0.515. The molecule has 4 heteroatoms. The number of benzene rings is 2. The third kappa shape index (κ3) is 2.60. The molecule has 3 nitrogen and oxygen atoms in total. The Morgan fingerprint density at radius 3 is 2.67 bits per heavy atom. The first-order valence-corrected chi connectivity index (χ1v) is 6.48. The van der Waals surface area contributed by atoms with Gasteiger partial charge in [0.1, 0.15) is 0 Å². The summed E-state index contributed by atoms with van der Waals surface area (Å²) in [4.78, 5) is 10.8. The van der Waals surface area contributed by atoms with E-state index in [9.17, 15) is 4.79 Å². The second-order valence-corrected chi connectivity index (χ2v) is 4.33. The fourth-order valence-electron chi connectivity index (χ4n) is 1.93. The largest absolute Gasteiger partial charge is 0.549 e. The van der Waals surface area contributed by atoms with Gasteiger partial charge in [0.25, 0.3) is 0 Å². The molecule has 0 bridgehead atoms. The Bertz CT molecular complexity index is 600. The van der Waals surface area contributed by atoms with E-state index < -0.39 is 5.97 Å². The number of carboxylic acid groups (broad SMARTS) is 1. The van der Waals surface area contributed by atoms with Crippen LogP contribution in [0.3, 0.4) is 0 Å². The van der Waals surface area contributed by atoms with Crippen LogP contribution in [0.25, 0.3) is 10.8 Å². The van der Waals surface area contributed by atoms with E-state index in [1.165, 1.54) is 0 Å². The highest BCUT2D eigenvalue weighted by atomic mass is 28.2. The van der Waals surface area contributed by atoms with E-state index in [-0.39, 0.29) is 5.76 Å². The Morgan fingerprint density at radius 2 is 1.94 bits per heavy atom. The molecule has 0 spiro atoms. The summed E-state index contributed by atoms with van der Waals surface area (Å²) in [7, 11) is 0.382. The highest BCUT2D eigenvalue weighted by Crippen LogP contribution is 2.19. The van der Waals surface area contributed by atoms with E-state index in [2.05, 4.69) is 0 Å². The smallest absolute Gasteiger partial charge is 0.369 e. The normalized spacial score (nSPS) is 11.7. The molecule has 0 aliphatic carbocycles. The van der Waals surface area contributed by atoms with Crippen LogP contribution in [-0.2, 0) is 15.6 Å². The highest BCUT2D eigenvalue weighted by Gasteiger charge is 2.06. The van der Waals surface area contributed by atoms with E-state index in [1.807, 2.05) is 42.5 Å². The van der Waals surface area contributed by atoms with E-state index in [4.69, 9.17) is 9.53 Å². The molecule has 2 rings (SSSR count). The minimum absolute atomic E-state index is 0.0367. The zero-order valence-electron chi connectivity index (χ0n) is 10.1. The van der Waals surface area contributed by atoms with Crippen molar-refractivity contribution in [2.75, 3.05) is 0 Å². The van der Waals surface area contributed by atoms with E-state index in [1.54, 1.807) is 6.08 Å². The maximum atomic E-state index is 10.8. The summed E-state index contributed by atoms with van der Waals surface area (Å²) in [6.07, 6.45) is 2.18. The van der Waals surface area contributed by atoms with Gasteiger partial charge in [0.2, 0.25) is 10.5 Å². The molecule has 18 heavy (non-hydrogen) atoms. The number of carbonyl (C=O) groups is 1. The van der Waals surface area contributed by atoms with Crippen LogP contribution in [0.5, 0.6) is 0 Å². The third-order valence-corrected chi connectivity index (χ3v) is 3.26. The SMILES string of the molecule is O=C(O)C(=CCc1cccc2ccccc12)O[SiH3]. The van der Waals surface area contributed by atoms with Crippen molar-refractivity contribution < 1.29 is 14.3 Å². The molecule has 0 aromatic heterocycles. The van der Waals surface area contributed by atoms with Gasteiger partial charge >= 0.3 is 5.97 Å². The summed E-state index contributed by atoms with van der Waals surface area (Å²) in [6, 6.07) is 14.1. The lowest BCUT2D eigenvalue weighted by Gasteiger charge is -2.05. The number of fused-ring (bicyclic) bond motifs is 1. The minimum Gasteiger partial charge on any atom is -0.549 e. The molecule has 0 amide bonds. The summed E-state index contributed by atoms with van der Waals surface area (Å²) < 4.78 is 4.95. The number of allylic oxidation sites excluding steroid dienone is 1. The van der Waals surface area contributed by atoms with Crippen molar-refractivity contribution in [3.63, 3.8) is 0 Å². The molecule has 1 N–H and O–H groups in total. The molecule has 0 aliphatic heterocycles. The van der Waals surface area contributed by atoms with Gasteiger partial charge in [-0.3, -0.25) is 0 Å². The van der Waals surface area contributed by atoms with Crippen molar-refractivity contribution in [2.24, 2.45) is 0 Å². The summed E-state index contributed by atoms with van der Waals surface area (Å²) in [5.74, 6) is -0.972. The van der Waals surface area contributed by atoms with Crippen LogP contribution in [0.4, 0.5) is 0 Å². The molecule has 0 heterocycles. The second-order valence-electron chi connectivity index (χ2n) is 3.92. The van der Waals surface area contributed by atoms with Gasteiger partial charge in [-0.1, -0.05) is 42.5 Å². The van der Waals surface area contributed by atoms with Gasteiger partial charge in [-0.25, -0.2) is 4.79 Å². The van der Waals surface area contributed by atoms with Crippen LogP contribution in [-0.4, -0.2) is 21.6 Å². The second kappa shape index (κ2) is 5.51. The zero-order valence-corrected chi connectivity index (χ0v) is 12.1. The van der Waals surface area contributed by atoms with Crippen LogP contribution < -0.4 is 0 Å². The predicted octanol–water partition coefficient (Wildman–Crippen LogP) is 1.65. The molecule has 2 aromatic rings. The lowest BCUT2D eigenvalue weighted by molar-refractivity contribution is -0.135. The van der Waals surface area contributed by atoms with Crippen molar-refractivity contribution in [1.82, 2.24) is 0 Å². The van der Waals surface area contributed by atoms with Gasteiger partial charge < -0.3 is 9.53 Å². The molecule has 2 aromatic carbocycles. The van der Waals surface area contributed by atoms with E-state index in [0.29, 0.717) is 16.9 Å². The van der Waals surface area contributed by atoms with Crippen molar-refractivity contribution in [1.29, 1.82) is 0 Å². The van der Waals surface area contributed by atoms with Gasteiger partial charge in [-0.2, -0.15) is 0 Å². The Kier molecular flexibility index (Phi) is 3.79. The fraction of sp³-hybridized carbons (Fsp3) is 0.0714. The number of hydrogen-bond acceptors (Lipinski definition) is 2. The fourth-order valence-corrected chi connectivity index (χ4v) is 2.27. The Hall–Kier alpha value is -2.07. The highest BCUT2D eigenvalue weighted by molar-refractivity contribution is 6.02. The van der Waals surface area contributed by atoms with Crippen LogP contribution in [0.15, 0.2) is 54.3 Å². The summed E-state index contributed by atoms with van der Waals surface area (Å²) >= 11 is 0. The molecule has 92 valence electrons. The van der Waals surface area contributed by atoms with Gasteiger partial charge in [-0.15, -0.1) is 0 Å². The first-order chi connectivity index (χ1) is 8.72. The lowest BCUT2D eigenvalue weighted by atomic mass is 10.0. The first-order valence-electron chi connectivity index (χ1n) is 5.66. The topological polar surface area (TPSA) is 46.5 Å². The molecule has 0 fully saturated rings. The third-order valence-electron chi connectivity index (χ3n) is 2.82. The first kappa shape index (κ1) is 12.4. The summed E-state index contributed by atoms with van der Waals surface area (Å²) in [5.41, 5.74) is 1.10. The predicted molar refractivity (Wildman–Crippen MR) is 74.4 cm³/mol. The molecule has 0 saturated heterocycles. The summed E-state index contributed by atoms with van der Waals surface area (Å²) in [6.45, 7) is 0. The van der Waals surface area contributed by atoms with Gasteiger partial charge in [0, 0.05) is 0 Å². The molecule has 0 radical (unpaired) electrons. The molecule has 0 atom stereocenters. The van der Waals surface area contributed by atoms with E-state index in [0.717, 1.165) is 16.3 Å². The standard InChI is InChI=1S/C14H14O3Si/c15-14(16)13(17-18)9-8-11-6-3-5-10-4-1-2-7-12(10)11/h1-7,9H,8H2,18H3,(H,15,16). The number of carboxylic acids is 1. The van der Waals surface area contributed by atoms with Crippen molar-refractivity contribution in [3.05, 3.63) is 59.9 Å². The maximum absolute atomic E-state index is 10.8. The number of hydrogen-bond donors (Lipinski definition) is 1. The van der Waals surface area contributed by atoms with Gasteiger partial charge in [-0.05, 0) is 28.8 Å². The summed E-state index contributed by atoms with van der Waals surface area (Å²) in [5, 5.41) is 11.2. The Labute approximate surface area is 108 Å². The van der Waals surface area contributed by atoms with Crippen LogP contribution >= 0.6 is 0 Å². The molecule has 0 unspecified atom stereocenters. The number of rotatable bonds is 4. The number of aliphatic carboxylic acids is 1. The van der Waals surface area contributed by atoms with Crippen LogP contribution in [0.1, 0.15) is 5.56 Å². The van der Waals surface area contributed by atoms with Crippen LogP contribution in [0.2, 0.25) is 0 Å². The molecular formula is C14H14O3Si. The van der Waals surface area contributed by atoms with Crippen molar-refractivity contribution in [3.8, 4) is 0 Å². The monoisotopic (exact) mass is 258 g/mol. The average molecular weight is 258 g/mol.